The summed E-state index contributed by atoms with van der Waals surface area (Å²) in [5, 5.41) is 14.3. The maximum Gasteiger partial charge on any atom is 0.277 e. The summed E-state index contributed by atoms with van der Waals surface area (Å²) >= 11 is 1.16. The van der Waals surface area contributed by atoms with Crippen LogP contribution >= 0.6 is 11.8 Å². The van der Waals surface area contributed by atoms with Crippen molar-refractivity contribution in [1.29, 1.82) is 0 Å². The van der Waals surface area contributed by atoms with Crippen molar-refractivity contribution in [3.63, 3.8) is 0 Å². The van der Waals surface area contributed by atoms with Crippen molar-refractivity contribution in [2.24, 2.45) is 0 Å². The summed E-state index contributed by atoms with van der Waals surface area (Å²) in [5.41, 5.74) is 1.40. The maximum absolute atomic E-state index is 12.2. The molecule has 1 amide bonds. The number of hydrogen-bond acceptors (Lipinski definition) is 8. The smallest absolute Gasteiger partial charge is 0.277 e. The van der Waals surface area contributed by atoms with E-state index in [1.807, 2.05) is 31.2 Å². The molecule has 3 aromatic rings. The number of aromatic nitrogens is 3. The normalized spacial score (nSPS) is 12.0. The summed E-state index contributed by atoms with van der Waals surface area (Å²) in [6, 6.07) is 9.06. The molecule has 9 heteroatoms. The van der Waals surface area contributed by atoms with Crippen molar-refractivity contribution in [2.45, 2.75) is 31.2 Å². The third-order valence-corrected chi connectivity index (χ3v) is 4.28. The third kappa shape index (κ3) is 4.23. The van der Waals surface area contributed by atoms with Crippen LogP contribution in [-0.4, -0.2) is 33.1 Å². The zero-order valence-corrected chi connectivity index (χ0v) is 15.4. The maximum atomic E-state index is 12.2. The molecule has 0 aliphatic carbocycles. The second-order valence-electron chi connectivity index (χ2n) is 5.38. The molecule has 0 spiro atoms. The summed E-state index contributed by atoms with van der Waals surface area (Å²) in [7, 11) is 0. The number of rotatable bonds is 7. The lowest BCUT2D eigenvalue weighted by molar-refractivity contribution is -0.115. The van der Waals surface area contributed by atoms with Crippen molar-refractivity contribution >= 4 is 23.6 Å². The first kappa shape index (κ1) is 18.0. The Balaban J connectivity index is 1.67. The van der Waals surface area contributed by atoms with Crippen molar-refractivity contribution in [3.05, 3.63) is 36.0 Å². The van der Waals surface area contributed by atoms with Crippen LogP contribution in [0.4, 0.5) is 5.88 Å². The SMILES string of the molecule is CCOc1ccccc1-c1nnc(SC(C)C(=O)Nc2cc(C)no2)o1. The Labute approximate surface area is 154 Å². The van der Waals surface area contributed by atoms with Crippen molar-refractivity contribution in [1.82, 2.24) is 15.4 Å². The molecular formula is C17H18N4O4S. The van der Waals surface area contributed by atoms with Gasteiger partial charge < -0.3 is 13.7 Å². The van der Waals surface area contributed by atoms with E-state index in [1.54, 1.807) is 19.9 Å². The quantitative estimate of drug-likeness (QED) is 0.626. The van der Waals surface area contributed by atoms with Gasteiger partial charge in [-0.3, -0.25) is 10.1 Å². The van der Waals surface area contributed by atoms with Gasteiger partial charge in [-0.25, -0.2) is 0 Å². The standard InChI is InChI=1S/C17H18N4O4S/c1-4-23-13-8-6-5-7-12(13)16-19-20-17(24-16)26-11(3)15(22)18-14-9-10(2)21-25-14/h5-9,11H,4H2,1-3H3,(H,18,22). The van der Waals surface area contributed by atoms with Crippen molar-refractivity contribution < 1.29 is 18.5 Å². The van der Waals surface area contributed by atoms with Crippen LogP contribution in [0.1, 0.15) is 19.5 Å². The summed E-state index contributed by atoms with van der Waals surface area (Å²) in [6.45, 7) is 5.95. The van der Waals surface area contributed by atoms with E-state index in [1.165, 1.54) is 0 Å². The molecule has 1 aromatic carbocycles. The Kier molecular flexibility index (Phi) is 5.57. The van der Waals surface area contributed by atoms with E-state index in [9.17, 15) is 4.79 Å². The molecule has 0 aliphatic heterocycles. The van der Waals surface area contributed by atoms with Gasteiger partial charge in [0.2, 0.25) is 11.8 Å². The molecule has 1 unspecified atom stereocenters. The number of nitrogens with one attached hydrogen (secondary N) is 1. The fraction of sp³-hybridized carbons (Fsp3) is 0.294. The highest BCUT2D eigenvalue weighted by Gasteiger charge is 2.21. The Bertz CT molecular complexity index is 892. The predicted molar refractivity (Wildman–Crippen MR) is 96.1 cm³/mol. The molecule has 136 valence electrons. The minimum absolute atomic E-state index is 0.249. The molecular weight excluding hydrogens is 356 g/mol. The second-order valence-corrected chi connectivity index (χ2v) is 6.68. The first-order chi connectivity index (χ1) is 12.6. The predicted octanol–water partition coefficient (Wildman–Crippen LogP) is 3.55. The van der Waals surface area contributed by atoms with E-state index >= 15 is 0 Å². The fourth-order valence-electron chi connectivity index (χ4n) is 2.14. The Morgan fingerprint density at radius 2 is 2.15 bits per heavy atom. The topological polar surface area (TPSA) is 103 Å². The van der Waals surface area contributed by atoms with Crippen LogP contribution < -0.4 is 10.1 Å². The Morgan fingerprint density at radius 3 is 2.88 bits per heavy atom. The second kappa shape index (κ2) is 8.05. The van der Waals surface area contributed by atoms with Crippen molar-refractivity contribution in [2.75, 3.05) is 11.9 Å². The van der Waals surface area contributed by atoms with Crippen LogP contribution in [0.2, 0.25) is 0 Å². The van der Waals surface area contributed by atoms with Crippen LogP contribution in [0.5, 0.6) is 5.75 Å². The molecule has 1 atom stereocenters. The number of thioether (sulfide) groups is 1. The number of para-hydroxylation sites is 1. The number of benzene rings is 1. The first-order valence-corrected chi connectivity index (χ1v) is 8.91. The first-order valence-electron chi connectivity index (χ1n) is 8.03. The lowest BCUT2D eigenvalue weighted by atomic mass is 10.2. The van der Waals surface area contributed by atoms with Crippen LogP contribution in [0.25, 0.3) is 11.5 Å². The summed E-state index contributed by atoms with van der Waals surface area (Å²) in [6.07, 6.45) is 0. The lowest BCUT2D eigenvalue weighted by Crippen LogP contribution is -2.22. The zero-order chi connectivity index (χ0) is 18.5. The van der Waals surface area contributed by atoms with Gasteiger partial charge >= 0.3 is 0 Å². The van der Waals surface area contributed by atoms with Gasteiger partial charge in [0, 0.05) is 6.07 Å². The molecule has 0 saturated carbocycles. The van der Waals surface area contributed by atoms with Gasteiger partial charge in [-0.2, -0.15) is 0 Å². The molecule has 0 radical (unpaired) electrons. The summed E-state index contributed by atoms with van der Waals surface area (Å²) < 4.78 is 16.2. The van der Waals surface area contributed by atoms with E-state index in [4.69, 9.17) is 13.7 Å². The largest absolute Gasteiger partial charge is 0.493 e. The summed E-state index contributed by atoms with van der Waals surface area (Å²) in [4.78, 5) is 12.2. The van der Waals surface area contributed by atoms with Gasteiger partial charge in [-0.05, 0) is 32.9 Å². The zero-order valence-electron chi connectivity index (χ0n) is 14.6. The average molecular weight is 374 g/mol. The highest BCUT2D eigenvalue weighted by Crippen LogP contribution is 2.31. The van der Waals surface area contributed by atoms with Crippen LogP contribution in [0, 0.1) is 6.92 Å². The monoisotopic (exact) mass is 374 g/mol. The minimum atomic E-state index is -0.462. The summed E-state index contributed by atoms with van der Waals surface area (Å²) in [5.74, 6) is 1.06. The van der Waals surface area contributed by atoms with E-state index in [-0.39, 0.29) is 5.91 Å². The number of carbonyl (C=O) groups excluding carboxylic acids is 1. The number of nitrogens with zero attached hydrogens (tertiary/aromatic N) is 3. The number of aryl methyl sites for hydroxylation is 1. The van der Waals surface area contributed by atoms with Crippen LogP contribution in [0.3, 0.4) is 0 Å². The van der Waals surface area contributed by atoms with Gasteiger partial charge in [0.25, 0.3) is 11.1 Å². The molecule has 2 heterocycles. The third-order valence-electron chi connectivity index (χ3n) is 3.34. The molecule has 2 aromatic heterocycles. The number of carbonyl (C=O) groups is 1. The van der Waals surface area contributed by atoms with Gasteiger partial charge in [-0.1, -0.05) is 29.1 Å². The van der Waals surface area contributed by atoms with Gasteiger partial charge in [0.15, 0.2) is 0 Å². The molecule has 8 nitrogen and oxygen atoms in total. The number of hydrogen-bond donors (Lipinski definition) is 1. The molecule has 0 aliphatic rings. The van der Waals surface area contributed by atoms with Crippen LogP contribution in [0.15, 0.2) is 44.5 Å². The fourth-order valence-corrected chi connectivity index (χ4v) is 2.82. The van der Waals surface area contributed by atoms with Gasteiger partial charge in [-0.15, -0.1) is 10.2 Å². The van der Waals surface area contributed by atoms with E-state index in [0.717, 1.165) is 11.8 Å². The molecule has 0 saturated heterocycles. The minimum Gasteiger partial charge on any atom is -0.493 e. The van der Waals surface area contributed by atoms with Crippen LogP contribution in [-0.2, 0) is 4.79 Å². The molecule has 0 fully saturated rings. The van der Waals surface area contributed by atoms with E-state index in [0.29, 0.717) is 40.6 Å². The lowest BCUT2D eigenvalue weighted by Gasteiger charge is -2.07. The highest BCUT2D eigenvalue weighted by atomic mass is 32.2. The Hall–Kier alpha value is -2.81. The molecule has 1 N–H and O–H groups in total. The molecule has 0 bridgehead atoms. The van der Waals surface area contributed by atoms with Crippen molar-refractivity contribution in [3.8, 4) is 17.2 Å². The number of ether oxygens (including phenoxy) is 1. The molecule has 26 heavy (non-hydrogen) atoms. The van der Waals surface area contributed by atoms with Gasteiger partial charge in [0.05, 0.1) is 23.1 Å². The number of amides is 1. The Morgan fingerprint density at radius 1 is 1.35 bits per heavy atom. The number of anilines is 1. The van der Waals surface area contributed by atoms with E-state index in [2.05, 4.69) is 20.7 Å². The van der Waals surface area contributed by atoms with E-state index < -0.39 is 5.25 Å². The van der Waals surface area contributed by atoms with Gasteiger partial charge in [0.1, 0.15) is 5.75 Å². The molecule has 3 rings (SSSR count). The highest BCUT2D eigenvalue weighted by molar-refractivity contribution is 8.00. The average Bonchev–Trinajstić information content (AvgIpc) is 3.25.